The van der Waals surface area contributed by atoms with Crippen LogP contribution in [0, 0.1) is 0 Å². The van der Waals surface area contributed by atoms with Gasteiger partial charge in [0.2, 0.25) is 0 Å². The van der Waals surface area contributed by atoms with Crippen LogP contribution in [-0.4, -0.2) is 19.3 Å². The molecule has 0 heterocycles. The Kier molecular flexibility index (Phi) is 12.9. The van der Waals surface area contributed by atoms with Gasteiger partial charge >= 0.3 is 0 Å². The largest absolute Gasteiger partial charge is 0.381 e. The summed E-state index contributed by atoms with van der Waals surface area (Å²) in [4.78, 5) is 0. The molecule has 0 saturated carbocycles. The van der Waals surface area contributed by atoms with Crippen molar-refractivity contribution in [2.75, 3.05) is 13.2 Å². The summed E-state index contributed by atoms with van der Waals surface area (Å²) < 4.78 is 5.58. The third-order valence-corrected chi connectivity index (χ3v) is 2.92. The van der Waals surface area contributed by atoms with E-state index in [2.05, 4.69) is 13.8 Å². The number of nitrogens with two attached hydrogens (primary N) is 1. The Bertz CT molecular complexity index is 128. The van der Waals surface area contributed by atoms with Crippen LogP contribution in [0.5, 0.6) is 0 Å². The molecule has 0 aromatic heterocycles. The molecule has 2 heteroatoms. The highest BCUT2D eigenvalue weighted by molar-refractivity contribution is 4.59. The Balaban J connectivity index is 2.98. The average Bonchev–Trinajstić information content (AvgIpc) is 2.27. The molecule has 1 unspecified atom stereocenters. The van der Waals surface area contributed by atoms with Crippen LogP contribution in [0.3, 0.4) is 0 Å². The number of hydrogen-bond acceptors (Lipinski definition) is 2. The number of rotatable bonds is 12. The molecule has 0 aliphatic heterocycles. The summed E-state index contributed by atoms with van der Waals surface area (Å²) in [5.41, 5.74) is 5.94. The van der Waals surface area contributed by atoms with Crippen molar-refractivity contribution in [2.45, 2.75) is 77.7 Å². The molecular formula is C14H31NO. The summed E-state index contributed by atoms with van der Waals surface area (Å²) in [5.74, 6) is 0. The van der Waals surface area contributed by atoms with Gasteiger partial charge in [-0.15, -0.1) is 0 Å². The minimum absolute atomic E-state index is 0.412. The Labute approximate surface area is 102 Å². The molecule has 0 rings (SSSR count). The monoisotopic (exact) mass is 229 g/mol. The normalized spacial score (nSPS) is 12.9. The zero-order chi connectivity index (χ0) is 12.1. The van der Waals surface area contributed by atoms with Crippen LogP contribution < -0.4 is 5.73 Å². The molecule has 2 N–H and O–H groups in total. The van der Waals surface area contributed by atoms with Crippen LogP contribution in [0.25, 0.3) is 0 Å². The second-order valence-electron chi connectivity index (χ2n) is 4.72. The van der Waals surface area contributed by atoms with Crippen molar-refractivity contribution in [3.63, 3.8) is 0 Å². The fraction of sp³-hybridized carbons (Fsp3) is 1.00. The van der Waals surface area contributed by atoms with Crippen LogP contribution in [0.4, 0.5) is 0 Å². The van der Waals surface area contributed by atoms with E-state index < -0.39 is 0 Å². The summed E-state index contributed by atoms with van der Waals surface area (Å²) in [7, 11) is 0. The molecule has 0 aliphatic carbocycles. The zero-order valence-electron chi connectivity index (χ0n) is 11.3. The molecule has 98 valence electrons. The number of ether oxygens (including phenoxy) is 1. The van der Waals surface area contributed by atoms with Crippen LogP contribution >= 0.6 is 0 Å². The molecule has 0 aromatic carbocycles. The lowest BCUT2D eigenvalue weighted by atomic mass is 10.1. The molecule has 2 nitrogen and oxygen atoms in total. The van der Waals surface area contributed by atoms with E-state index in [1.54, 1.807) is 0 Å². The van der Waals surface area contributed by atoms with Crippen LogP contribution in [-0.2, 0) is 4.74 Å². The van der Waals surface area contributed by atoms with E-state index in [4.69, 9.17) is 10.5 Å². The maximum absolute atomic E-state index is 5.94. The Morgan fingerprint density at radius 3 is 2.12 bits per heavy atom. The van der Waals surface area contributed by atoms with Gasteiger partial charge in [0.15, 0.2) is 0 Å². The lowest BCUT2D eigenvalue weighted by Crippen LogP contribution is -2.19. The van der Waals surface area contributed by atoms with Gasteiger partial charge in [0.25, 0.3) is 0 Å². The molecular weight excluding hydrogens is 198 g/mol. The van der Waals surface area contributed by atoms with Gasteiger partial charge < -0.3 is 10.5 Å². The standard InChI is InChI=1S/C14H31NO/c1-3-5-6-8-12-16-13-9-7-11-14(15)10-4-2/h14H,3-13,15H2,1-2H3. The third-order valence-electron chi connectivity index (χ3n) is 2.92. The molecule has 16 heavy (non-hydrogen) atoms. The van der Waals surface area contributed by atoms with Crippen molar-refractivity contribution >= 4 is 0 Å². The van der Waals surface area contributed by atoms with Crippen molar-refractivity contribution in [3.8, 4) is 0 Å². The van der Waals surface area contributed by atoms with Crippen molar-refractivity contribution in [2.24, 2.45) is 5.73 Å². The van der Waals surface area contributed by atoms with Crippen LogP contribution in [0.2, 0.25) is 0 Å². The first-order chi connectivity index (χ1) is 7.81. The molecule has 0 amide bonds. The van der Waals surface area contributed by atoms with Gasteiger partial charge in [-0.1, -0.05) is 39.5 Å². The maximum atomic E-state index is 5.94. The SMILES string of the molecule is CCCCCCOCCCCC(N)CCC. The van der Waals surface area contributed by atoms with E-state index in [0.717, 1.165) is 26.1 Å². The van der Waals surface area contributed by atoms with Crippen LogP contribution in [0.1, 0.15) is 71.6 Å². The highest BCUT2D eigenvalue weighted by atomic mass is 16.5. The summed E-state index contributed by atoms with van der Waals surface area (Å²) in [6.07, 6.45) is 11.1. The van der Waals surface area contributed by atoms with Gasteiger partial charge in [-0.05, 0) is 32.1 Å². The molecule has 0 spiro atoms. The number of hydrogen-bond donors (Lipinski definition) is 1. The number of unbranched alkanes of at least 4 members (excludes halogenated alkanes) is 4. The first kappa shape index (κ1) is 15.9. The Hall–Kier alpha value is -0.0800. The lowest BCUT2D eigenvalue weighted by Gasteiger charge is -2.09. The summed E-state index contributed by atoms with van der Waals surface area (Å²) in [6.45, 7) is 6.30. The summed E-state index contributed by atoms with van der Waals surface area (Å²) >= 11 is 0. The Morgan fingerprint density at radius 1 is 0.812 bits per heavy atom. The van der Waals surface area contributed by atoms with Crippen molar-refractivity contribution in [1.29, 1.82) is 0 Å². The molecule has 1 atom stereocenters. The van der Waals surface area contributed by atoms with E-state index in [9.17, 15) is 0 Å². The second kappa shape index (κ2) is 13.0. The molecule has 0 radical (unpaired) electrons. The maximum Gasteiger partial charge on any atom is 0.0466 e. The van der Waals surface area contributed by atoms with Crippen molar-refractivity contribution < 1.29 is 4.74 Å². The predicted molar refractivity (Wildman–Crippen MR) is 71.7 cm³/mol. The summed E-state index contributed by atoms with van der Waals surface area (Å²) in [6, 6.07) is 0.412. The molecule has 0 aliphatic rings. The first-order valence-electron chi connectivity index (χ1n) is 7.14. The smallest absolute Gasteiger partial charge is 0.0466 e. The van der Waals surface area contributed by atoms with E-state index >= 15 is 0 Å². The first-order valence-corrected chi connectivity index (χ1v) is 7.14. The fourth-order valence-electron chi connectivity index (χ4n) is 1.86. The minimum Gasteiger partial charge on any atom is -0.381 e. The van der Waals surface area contributed by atoms with Gasteiger partial charge in [0.1, 0.15) is 0 Å². The Morgan fingerprint density at radius 2 is 1.50 bits per heavy atom. The quantitative estimate of drug-likeness (QED) is 0.515. The molecule has 0 fully saturated rings. The lowest BCUT2D eigenvalue weighted by molar-refractivity contribution is 0.125. The van der Waals surface area contributed by atoms with Gasteiger partial charge in [0.05, 0.1) is 0 Å². The topological polar surface area (TPSA) is 35.2 Å². The molecule has 0 saturated heterocycles. The van der Waals surface area contributed by atoms with Gasteiger partial charge in [-0.3, -0.25) is 0 Å². The fourth-order valence-corrected chi connectivity index (χ4v) is 1.86. The summed E-state index contributed by atoms with van der Waals surface area (Å²) in [5, 5.41) is 0. The van der Waals surface area contributed by atoms with E-state index in [1.165, 1.54) is 44.9 Å². The van der Waals surface area contributed by atoms with E-state index in [-0.39, 0.29) is 0 Å². The predicted octanol–water partition coefficient (Wildman–Crippen LogP) is 3.88. The average molecular weight is 229 g/mol. The van der Waals surface area contributed by atoms with Crippen LogP contribution in [0.15, 0.2) is 0 Å². The van der Waals surface area contributed by atoms with Gasteiger partial charge in [-0.2, -0.15) is 0 Å². The minimum atomic E-state index is 0.412. The van der Waals surface area contributed by atoms with Gasteiger partial charge in [-0.25, -0.2) is 0 Å². The second-order valence-corrected chi connectivity index (χ2v) is 4.72. The third kappa shape index (κ3) is 12.0. The van der Waals surface area contributed by atoms with Crippen molar-refractivity contribution in [3.05, 3.63) is 0 Å². The van der Waals surface area contributed by atoms with E-state index in [1.807, 2.05) is 0 Å². The highest BCUT2D eigenvalue weighted by Gasteiger charge is 2.00. The zero-order valence-corrected chi connectivity index (χ0v) is 11.3. The van der Waals surface area contributed by atoms with Gasteiger partial charge in [0, 0.05) is 19.3 Å². The molecule has 0 aromatic rings. The van der Waals surface area contributed by atoms with E-state index in [0.29, 0.717) is 6.04 Å². The highest BCUT2D eigenvalue weighted by Crippen LogP contribution is 2.05. The van der Waals surface area contributed by atoms with Crippen molar-refractivity contribution in [1.82, 2.24) is 0 Å². The molecule has 0 bridgehead atoms.